The molecule has 2 aliphatic heterocycles. The van der Waals surface area contributed by atoms with Gasteiger partial charge in [0.2, 0.25) is 0 Å². The minimum absolute atomic E-state index is 0.608. The Morgan fingerprint density at radius 3 is 2.52 bits per heavy atom. The Hall–Kier alpha value is -1.71. The van der Waals surface area contributed by atoms with Crippen molar-refractivity contribution in [1.29, 1.82) is 0 Å². The average molecular weight is 427 g/mol. The van der Waals surface area contributed by atoms with Crippen LogP contribution in [-0.4, -0.2) is 103 Å². The lowest BCUT2D eigenvalue weighted by Crippen LogP contribution is -2.57. The molecular weight excluding hydrogens is 396 g/mol. The number of methoxy groups -OCH3 is 1. The SMILES string of the molecule is COc1cc(Cl)ccc1OCCCN1CCN(C2=CC(O)N(C)C(O)N2C)CC1. The maximum atomic E-state index is 10.2. The van der Waals surface area contributed by atoms with Crippen molar-refractivity contribution in [2.24, 2.45) is 0 Å². The van der Waals surface area contributed by atoms with Gasteiger partial charge in [-0.25, -0.2) is 4.90 Å². The highest BCUT2D eigenvalue weighted by molar-refractivity contribution is 6.30. The van der Waals surface area contributed by atoms with Gasteiger partial charge in [0.1, 0.15) is 12.0 Å². The first-order valence-corrected chi connectivity index (χ1v) is 10.2. The van der Waals surface area contributed by atoms with Crippen molar-refractivity contribution in [2.75, 3.05) is 60.5 Å². The van der Waals surface area contributed by atoms with E-state index in [4.69, 9.17) is 21.1 Å². The Bertz CT molecular complexity index is 712. The number of aliphatic hydroxyl groups is 2. The molecule has 1 fully saturated rings. The summed E-state index contributed by atoms with van der Waals surface area (Å²) in [6.45, 7) is 5.12. The van der Waals surface area contributed by atoms with Gasteiger partial charge in [0, 0.05) is 50.9 Å². The standard InChI is InChI=1S/C20H31ClN4O4/c1-22-18(14-19(26)23(2)20(22)27)25-10-8-24(9-11-25)7-4-12-29-16-6-5-15(21)13-17(16)28-3/h5-6,13-14,19-20,26-27H,4,7-12H2,1-3H3. The fourth-order valence-corrected chi connectivity index (χ4v) is 3.82. The van der Waals surface area contributed by atoms with Crippen LogP contribution in [0.1, 0.15) is 6.42 Å². The summed E-state index contributed by atoms with van der Waals surface area (Å²) < 4.78 is 11.1. The number of halogens is 1. The lowest BCUT2D eigenvalue weighted by atomic mass is 10.2. The number of ether oxygens (including phenoxy) is 2. The molecule has 1 saturated heterocycles. The Morgan fingerprint density at radius 1 is 1.10 bits per heavy atom. The molecular formula is C20H31ClN4O4. The molecule has 1 aromatic rings. The van der Waals surface area contributed by atoms with Gasteiger partial charge in [0.05, 0.1) is 13.7 Å². The molecule has 0 aliphatic carbocycles. The molecule has 2 aliphatic rings. The van der Waals surface area contributed by atoms with Crippen molar-refractivity contribution in [3.05, 3.63) is 35.1 Å². The molecule has 29 heavy (non-hydrogen) atoms. The van der Waals surface area contributed by atoms with E-state index in [1.165, 1.54) is 4.90 Å². The molecule has 2 heterocycles. The third-order valence-electron chi connectivity index (χ3n) is 5.49. The zero-order valence-electron chi connectivity index (χ0n) is 17.3. The van der Waals surface area contributed by atoms with Crippen molar-refractivity contribution < 1.29 is 19.7 Å². The summed E-state index contributed by atoms with van der Waals surface area (Å²) in [4.78, 5) is 7.91. The summed E-state index contributed by atoms with van der Waals surface area (Å²) in [6, 6.07) is 5.37. The molecule has 8 nitrogen and oxygen atoms in total. The van der Waals surface area contributed by atoms with Crippen LogP contribution in [-0.2, 0) is 0 Å². The molecule has 1 aromatic carbocycles. The van der Waals surface area contributed by atoms with Gasteiger partial charge in [-0.15, -0.1) is 0 Å². The minimum atomic E-state index is -0.829. The Kier molecular flexibility index (Phi) is 7.48. The summed E-state index contributed by atoms with van der Waals surface area (Å²) >= 11 is 5.98. The highest BCUT2D eigenvalue weighted by Gasteiger charge is 2.32. The fourth-order valence-electron chi connectivity index (χ4n) is 3.66. The maximum absolute atomic E-state index is 10.2. The van der Waals surface area contributed by atoms with Crippen LogP contribution >= 0.6 is 11.6 Å². The molecule has 162 valence electrons. The van der Waals surface area contributed by atoms with Crippen LogP contribution in [0.5, 0.6) is 11.5 Å². The van der Waals surface area contributed by atoms with Gasteiger partial charge in [-0.05, 0) is 31.7 Å². The van der Waals surface area contributed by atoms with Gasteiger partial charge in [-0.2, -0.15) is 0 Å². The predicted octanol–water partition coefficient (Wildman–Crippen LogP) is 1.05. The molecule has 0 saturated carbocycles. The van der Waals surface area contributed by atoms with E-state index in [2.05, 4.69) is 9.80 Å². The van der Waals surface area contributed by atoms with Crippen LogP contribution in [0.15, 0.2) is 30.1 Å². The number of hydrogen-bond acceptors (Lipinski definition) is 8. The van der Waals surface area contributed by atoms with Crippen molar-refractivity contribution in [3.8, 4) is 11.5 Å². The molecule has 0 bridgehead atoms. The molecule has 0 amide bonds. The van der Waals surface area contributed by atoms with E-state index < -0.39 is 12.6 Å². The largest absolute Gasteiger partial charge is 0.493 e. The Labute approximate surface area is 177 Å². The first kappa shape index (κ1) is 22.0. The summed E-state index contributed by atoms with van der Waals surface area (Å²) in [6.07, 6.45) is 1.09. The van der Waals surface area contributed by atoms with E-state index in [0.29, 0.717) is 23.1 Å². The van der Waals surface area contributed by atoms with Gasteiger partial charge in [0.25, 0.3) is 0 Å². The van der Waals surface area contributed by atoms with Gasteiger partial charge in [0.15, 0.2) is 17.9 Å². The number of rotatable bonds is 7. The molecule has 2 N–H and O–H groups in total. The summed E-state index contributed by atoms with van der Waals surface area (Å²) in [5, 5.41) is 21.0. The normalized spacial score (nSPS) is 23.9. The van der Waals surface area contributed by atoms with E-state index >= 15 is 0 Å². The lowest BCUT2D eigenvalue weighted by molar-refractivity contribution is -0.150. The fraction of sp³-hybridized carbons (Fsp3) is 0.600. The van der Waals surface area contributed by atoms with Crippen LogP contribution in [0, 0.1) is 0 Å². The average Bonchev–Trinajstić information content (AvgIpc) is 2.73. The van der Waals surface area contributed by atoms with E-state index in [1.54, 1.807) is 37.3 Å². The number of nitrogens with zero attached hydrogens (tertiary/aromatic N) is 4. The van der Waals surface area contributed by atoms with Crippen molar-refractivity contribution in [1.82, 2.24) is 19.6 Å². The topological polar surface area (TPSA) is 71.9 Å². The zero-order valence-corrected chi connectivity index (χ0v) is 18.0. The van der Waals surface area contributed by atoms with Crippen LogP contribution in [0.4, 0.5) is 0 Å². The molecule has 0 spiro atoms. The summed E-state index contributed by atoms with van der Waals surface area (Å²) in [5.41, 5.74) is 0. The number of benzene rings is 1. The van der Waals surface area contributed by atoms with E-state index in [1.807, 2.05) is 13.1 Å². The first-order chi connectivity index (χ1) is 13.9. The van der Waals surface area contributed by atoms with Gasteiger partial charge >= 0.3 is 0 Å². The van der Waals surface area contributed by atoms with E-state index in [-0.39, 0.29) is 0 Å². The molecule has 0 aromatic heterocycles. The molecule has 2 atom stereocenters. The molecule has 0 radical (unpaired) electrons. The third kappa shape index (κ3) is 5.26. The molecule has 3 rings (SSSR count). The molecule has 2 unspecified atom stereocenters. The number of piperazine rings is 1. The highest BCUT2D eigenvalue weighted by atomic mass is 35.5. The quantitative estimate of drug-likeness (QED) is 0.627. The second-order valence-electron chi connectivity index (χ2n) is 7.39. The minimum Gasteiger partial charge on any atom is -0.493 e. The smallest absolute Gasteiger partial charge is 0.189 e. The maximum Gasteiger partial charge on any atom is 0.189 e. The second-order valence-corrected chi connectivity index (χ2v) is 7.82. The predicted molar refractivity (Wildman–Crippen MR) is 112 cm³/mol. The summed E-state index contributed by atoms with van der Waals surface area (Å²) in [5.74, 6) is 2.23. The van der Waals surface area contributed by atoms with Crippen LogP contribution < -0.4 is 9.47 Å². The van der Waals surface area contributed by atoms with Gasteiger partial charge in [-0.1, -0.05) is 11.6 Å². The van der Waals surface area contributed by atoms with Gasteiger partial charge in [-0.3, -0.25) is 4.90 Å². The lowest BCUT2D eigenvalue weighted by Gasteiger charge is -2.46. The molecule has 9 heteroatoms. The first-order valence-electron chi connectivity index (χ1n) is 9.87. The number of aliphatic hydroxyl groups excluding tert-OH is 2. The van der Waals surface area contributed by atoms with E-state index in [9.17, 15) is 10.2 Å². The zero-order chi connectivity index (χ0) is 21.0. The Morgan fingerprint density at radius 2 is 1.83 bits per heavy atom. The van der Waals surface area contributed by atoms with Crippen LogP contribution in [0.3, 0.4) is 0 Å². The highest BCUT2D eigenvalue weighted by Crippen LogP contribution is 2.30. The van der Waals surface area contributed by atoms with Gasteiger partial charge < -0.3 is 29.5 Å². The summed E-state index contributed by atoms with van der Waals surface area (Å²) in [7, 11) is 5.14. The third-order valence-corrected chi connectivity index (χ3v) is 5.72. The van der Waals surface area contributed by atoms with E-state index in [0.717, 1.165) is 45.0 Å². The van der Waals surface area contributed by atoms with Crippen molar-refractivity contribution in [2.45, 2.75) is 19.0 Å². The number of hydrogen-bond donors (Lipinski definition) is 2. The second kappa shape index (κ2) is 9.86. The van der Waals surface area contributed by atoms with Crippen molar-refractivity contribution in [3.63, 3.8) is 0 Å². The Balaban J connectivity index is 1.42. The monoisotopic (exact) mass is 426 g/mol. The number of likely N-dealkylation sites (N-methyl/N-ethyl adjacent to an activating group) is 1. The van der Waals surface area contributed by atoms with Crippen LogP contribution in [0.25, 0.3) is 0 Å². The van der Waals surface area contributed by atoms with Crippen molar-refractivity contribution >= 4 is 11.6 Å². The van der Waals surface area contributed by atoms with Crippen LogP contribution in [0.2, 0.25) is 5.02 Å².